The molecule has 2 rings (SSSR count). The molecule has 1 saturated heterocycles. The van der Waals surface area contributed by atoms with Crippen molar-refractivity contribution in [2.45, 2.75) is 37.6 Å². The van der Waals surface area contributed by atoms with Crippen molar-refractivity contribution in [3.63, 3.8) is 0 Å². The number of aliphatic hydroxyl groups is 1. The molecule has 0 saturated carbocycles. The third-order valence-electron chi connectivity index (χ3n) is 2.88. The van der Waals surface area contributed by atoms with Crippen molar-refractivity contribution in [1.29, 1.82) is 0 Å². The molecule has 6 heteroatoms. The van der Waals surface area contributed by atoms with Gasteiger partial charge >= 0.3 is 0 Å². The fourth-order valence-corrected chi connectivity index (χ4v) is 4.48. The number of ether oxygens (including phenoxy) is 1. The Morgan fingerprint density at radius 2 is 2.06 bits per heavy atom. The van der Waals surface area contributed by atoms with Crippen LogP contribution in [0.4, 0.5) is 5.13 Å². The van der Waals surface area contributed by atoms with Crippen molar-refractivity contribution < 1.29 is 9.84 Å². The van der Waals surface area contributed by atoms with Crippen LogP contribution in [-0.4, -0.2) is 40.8 Å². The molecule has 1 aliphatic heterocycles. The molecule has 0 aliphatic carbocycles. The SMILES string of the molecule is COCc1nc(N2CC(C)SC(C)C2)sc1CO. The van der Waals surface area contributed by atoms with Gasteiger partial charge in [0.1, 0.15) is 0 Å². The molecule has 2 atom stereocenters. The molecule has 2 heterocycles. The summed E-state index contributed by atoms with van der Waals surface area (Å²) in [7, 11) is 1.65. The van der Waals surface area contributed by atoms with E-state index in [9.17, 15) is 5.11 Å². The molecule has 1 aromatic rings. The Labute approximate surface area is 116 Å². The van der Waals surface area contributed by atoms with Crippen molar-refractivity contribution in [2.24, 2.45) is 0 Å². The number of anilines is 1. The molecule has 0 amide bonds. The number of thioether (sulfide) groups is 1. The largest absolute Gasteiger partial charge is 0.391 e. The Morgan fingerprint density at radius 1 is 1.39 bits per heavy atom. The zero-order valence-corrected chi connectivity index (χ0v) is 12.7. The van der Waals surface area contributed by atoms with Crippen LogP contribution < -0.4 is 4.90 Å². The zero-order valence-electron chi connectivity index (χ0n) is 11.0. The van der Waals surface area contributed by atoms with Gasteiger partial charge in [-0.25, -0.2) is 4.98 Å². The molecular formula is C12H20N2O2S2. The maximum atomic E-state index is 9.35. The molecule has 1 aliphatic rings. The van der Waals surface area contributed by atoms with E-state index in [1.807, 2.05) is 11.8 Å². The van der Waals surface area contributed by atoms with Gasteiger partial charge < -0.3 is 14.7 Å². The summed E-state index contributed by atoms with van der Waals surface area (Å²) in [4.78, 5) is 7.86. The molecule has 1 N–H and O–H groups in total. The van der Waals surface area contributed by atoms with E-state index in [0.717, 1.165) is 28.8 Å². The van der Waals surface area contributed by atoms with E-state index < -0.39 is 0 Å². The highest BCUT2D eigenvalue weighted by Gasteiger charge is 2.25. The Hall–Kier alpha value is -0.300. The van der Waals surface area contributed by atoms with Crippen molar-refractivity contribution in [3.05, 3.63) is 10.6 Å². The molecule has 0 radical (unpaired) electrons. The van der Waals surface area contributed by atoms with Gasteiger partial charge in [0.05, 0.1) is 23.8 Å². The standard InChI is InChI=1S/C12H20N2O2S2/c1-8-4-14(5-9(2)17-8)12-13-10(7-16-3)11(6-15)18-12/h8-9,15H,4-7H2,1-3H3. The molecule has 1 aromatic heterocycles. The van der Waals surface area contributed by atoms with Crippen LogP contribution in [0.15, 0.2) is 0 Å². The number of methoxy groups -OCH3 is 1. The maximum Gasteiger partial charge on any atom is 0.186 e. The van der Waals surface area contributed by atoms with Crippen LogP contribution in [0.5, 0.6) is 0 Å². The van der Waals surface area contributed by atoms with Gasteiger partial charge in [0.2, 0.25) is 0 Å². The van der Waals surface area contributed by atoms with E-state index in [1.54, 1.807) is 18.4 Å². The number of nitrogens with zero attached hydrogens (tertiary/aromatic N) is 2. The second-order valence-electron chi connectivity index (χ2n) is 4.62. The van der Waals surface area contributed by atoms with E-state index >= 15 is 0 Å². The van der Waals surface area contributed by atoms with Crippen LogP contribution in [0.2, 0.25) is 0 Å². The molecule has 0 bridgehead atoms. The number of aliphatic hydroxyl groups excluding tert-OH is 1. The van der Waals surface area contributed by atoms with Gasteiger partial charge in [0.25, 0.3) is 0 Å². The summed E-state index contributed by atoms with van der Waals surface area (Å²) in [5, 5.41) is 11.6. The summed E-state index contributed by atoms with van der Waals surface area (Å²) in [6.45, 7) is 7.08. The highest BCUT2D eigenvalue weighted by molar-refractivity contribution is 8.00. The molecule has 4 nitrogen and oxygen atoms in total. The van der Waals surface area contributed by atoms with Gasteiger partial charge in [-0.15, -0.1) is 0 Å². The average molecular weight is 288 g/mol. The number of rotatable bonds is 4. The minimum absolute atomic E-state index is 0.0457. The van der Waals surface area contributed by atoms with Gasteiger partial charge in [-0.3, -0.25) is 0 Å². The lowest BCUT2D eigenvalue weighted by molar-refractivity contribution is 0.179. The smallest absolute Gasteiger partial charge is 0.186 e. The summed E-state index contributed by atoms with van der Waals surface area (Å²) < 4.78 is 5.12. The van der Waals surface area contributed by atoms with E-state index in [2.05, 4.69) is 23.7 Å². The second-order valence-corrected chi connectivity index (χ2v) is 7.56. The van der Waals surface area contributed by atoms with E-state index in [1.165, 1.54) is 0 Å². The third-order valence-corrected chi connectivity index (χ3v) is 5.25. The number of hydrogen-bond donors (Lipinski definition) is 1. The predicted octanol–water partition coefficient (Wildman–Crippen LogP) is 2.11. The Balaban J connectivity index is 2.17. The molecule has 102 valence electrons. The minimum Gasteiger partial charge on any atom is -0.391 e. The van der Waals surface area contributed by atoms with Gasteiger partial charge in [0.15, 0.2) is 5.13 Å². The van der Waals surface area contributed by atoms with E-state index in [-0.39, 0.29) is 6.61 Å². The molecule has 18 heavy (non-hydrogen) atoms. The van der Waals surface area contributed by atoms with E-state index in [4.69, 9.17) is 4.74 Å². The zero-order chi connectivity index (χ0) is 13.1. The first-order valence-corrected chi connectivity index (χ1v) is 7.88. The first-order valence-electron chi connectivity index (χ1n) is 6.12. The third kappa shape index (κ3) is 3.17. The lowest BCUT2D eigenvalue weighted by Gasteiger charge is -2.34. The summed E-state index contributed by atoms with van der Waals surface area (Å²) in [6.07, 6.45) is 0. The van der Waals surface area contributed by atoms with Gasteiger partial charge in [0, 0.05) is 30.7 Å². The summed E-state index contributed by atoms with van der Waals surface area (Å²) in [5.74, 6) is 0. The fraction of sp³-hybridized carbons (Fsp3) is 0.750. The minimum atomic E-state index is 0.0457. The number of hydrogen-bond acceptors (Lipinski definition) is 6. The molecule has 1 fully saturated rings. The van der Waals surface area contributed by atoms with E-state index in [0.29, 0.717) is 17.1 Å². The summed E-state index contributed by atoms with van der Waals surface area (Å²) >= 11 is 3.61. The van der Waals surface area contributed by atoms with Crippen molar-refractivity contribution in [1.82, 2.24) is 4.98 Å². The normalized spacial score (nSPS) is 24.6. The molecule has 0 aromatic carbocycles. The lowest BCUT2D eigenvalue weighted by Crippen LogP contribution is -2.40. The topological polar surface area (TPSA) is 45.6 Å². The Morgan fingerprint density at radius 3 is 2.61 bits per heavy atom. The van der Waals surface area contributed by atoms with Crippen LogP contribution in [0.25, 0.3) is 0 Å². The molecule has 2 unspecified atom stereocenters. The molecule has 0 spiro atoms. The Bertz CT molecular complexity index is 387. The van der Waals surface area contributed by atoms with Crippen LogP contribution in [0.1, 0.15) is 24.4 Å². The first-order chi connectivity index (χ1) is 8.63. The average Bonchev–Trinajstić information content (AvgIpc) is 2.71. The van der Waals surface area contributed by atoms with Crippen LogP contribution >= 0.6 is 23.1 Å². The fourth-order valence-electron chi connectivity index (χ4n) is 2.21. The van der Waals surface area contributed by atoms with Crippen LogP contribution in [0.3, 0.4) is 0 Å². The highest BCUT2D eigenvalue weighted by Crippen LogP contribution is 2.32. The number of thiazole rings is 1. The summed E-state index contributed by atoms with van der Waals surface area (Å²) in [5.41, 5.74) is 0.874. The van der Waals surface area contributed by atoms with Crippen molar-refractivity contribution in [3.8, 4) is 0 Å². The van der Waals surface area contributed by atoms with Gasteiger partial charge in [-0.05, 0) is 0 Å². The maximum absolute atomic E-state index is 9.35. The molecular weight excluding hydrogens is 268 g/mol. The van der Waals surface area contributed by atoms with Crippen LogP contribution in [0, 0.1) is 0 Å². The second kappa shape index (κ2) is 6.23. The van der Waals surface area contributed by atoms with Crippen molar-refractivity contribution >= 4 is 28.2 Å². The van der Waals surface area contributed by atoms with Gasteiger partial charge in [-0.2, -0.15) is 11.8 Å². The highest BCUT2D eigenvalue weighted by atomic mass is 32.2. The van der Waals surface area contributed by atoms with Crippen LogP contribution in [-0.2, 0) is 18.0 Å². The predicted molar refractivity (Wildman–Crippen MR) is 77.5 cm³/mol. The summed E-state index contributed by atoms with van der Waals surface area (Å²) in [6, 6.07) is 0. The van der Waals surface area contributed by atoms with Crippen molar-refractivity contribution in [2.75, 3.05) is 25.1 Å². The number of aromatic nitrogens is 1. The van der Waals surface area contributed by atoms with Gasteiger partial charge in [-0.1, -0.05) is 25.2 Å². The first kappa shape index (κ1) is 14.1. The Kier molecular flexibility index (Phi) is 4.89. The quantitative estimate of drug-likeness (QED) is 0.919. The monoisotopic (exact) mass is 288 g/mol. The lowest BCUT2D eigenvalue weighted by atomic mass is 10.3.